The van der Waals surface area contributed by atoms with Crippen LogP contribution < -0.4 is 14.2 Å². The molecule has 144 valence electrons. The van der Waals surface area contributed by atoms with Crippen LogP contribution in [-0.4, -0.2) is 38.7 Å². The summed E-state index contributed by atoms with van der Waals surface area (Å²) in [6.07, 6.45) is 0.792. The van der Waals surface area contributed by atoms with E-state index in [9.17, 15) is 4.79 Å². The maximum atomic E-state index is 12.9. The number of nitrogens with zero attached hydrogens (tertiary/aromatic N) is 1. The molecule has 1 amide bonds. The molecule has 5 nitrogen and oxygen atoms in total. The van der Waals surface area contributed by atoms with Crippen LogP contribution in [0.15, 0.2) is 36.4 Å². The third-order valence-corrected chi connectivity index (χ3v) is 5.08. The number of fused-ring (bicyclic) bond motifs is 1. The monoisotopic (exact) mass is 369 g/mol. The van der Waals surface area contributed by atoms with Crippen LogP contribution in [0.5, 0.6) is 17.2 Å². The van der Waals surface area contributed by atoms with Gasteiger partial charge in [-0.15, -0.1) is 0 Å². The summed E-state index contributed by atoms with van der Waals surface area (Å²) in [6, 6.07) is 11.8. The lowest BCUT2D eigenvalue weighted by atomic mass is 9.87. The fourth-order valence-electron chi connectivity index (χ4n) is 3.66. The van der Waals surface area contributed by atoms with E-state index in [-0.39, 0.29) is 17.9 Å². The van der Waals surface area contributed by atoms with Gasteiger partial charge in [0.2, 0.25) is 5.91 Å². The third kappa shape index (κ3) is 3.59. The van der Waals surface area contributed by atoms with Crippen molar-refractivity contribution in [3.05, 3.63) is 53.1 Å². The molecule has 0 aromatic heterocycles. The Morgan fingerprint density at radius 3 is 2.19 bits per heavy atom. The first-order valence-electron chi connectivity index (χ1n) is 9.19. The number of benzene rings is 2. The highest BCUT2D eigenvalue weighted by Gasteiger charge is 2.34. The average Bonchev–Trinajstić information content (AvgIpc) is 2.71. The van der Waals surface area contributed by atoms with Crippen LogP contribution in [0.3, 0.4) is 0 Å². The zero-order valence-electron chi connectivity index (χ0n) is 16.6. The van der Waals surface area contributed by atoms with Gasteiger partial charge in [0.25, 0.3) is 0 Å². The zero-order chi connectivity index (χ0) is 19.6. The van der Waals surface area contributed by atoms with E-state index >= 15 is 0 Å². The van der Waals surface area contributed by atoms with E-state index in [1.165, 1.54) is 5.56 Å². The van der Waals surface area contributed by atoms with Crippen LogP contribution in [0.4, 0.5) is 0 Å². The molecule has 0 aliphatic carbocycles. The predicted octanol–water partition coefficient (Wildman–Crippen LogP) is 3.84. The highest BCUT2D eigenvalue weighted by molar-refractivity contribution is 5.79. The number of carbonyl (C=O) groups excluding carboxylic acids is 1. The first-order chi connectivity index (χ1) is 13.0. The van der Waals surface area contributed by atoms with Gasteiger partial charge in [-0.05, 0) is 47.4 Å². The highest BCUT2D eigenvalue weighted by Crippen LogP contribution is 2.41. The Labute approximate surface area is 160 Å². The van der Waals surface area contributed by atoms with Gasteiger partial charge in [-0.2, -0.15) is 0 Å². The minimum absolute atomic E-state index is 0.0626. The molecule has 2 aromatic rings. The van der Waals surface area contributed by atoms with E-state index in [0.29, 0.717) is 18.0 Å². The Morgan fingerprint density at radius 2 is 1.63 bits per heavy atom. The first kappa shape index (κ1) is 19.1. The molecule has 1 heterocycles. The molecule has 0 unspecified atom stereocenters. The average molecular weight is 369 g/mol. The number of carbonyl (C=O) groups is 1. The minimum atomic E-state index is -0.158. The lowest BCUT2D eigenvalue weighted by molar-refractivity contribution is -0.136. The van der Waals surface area contributed by atoms with Crippen LogP contribution in [0.1, 0.15) is 36.6 Å². The summed E-state index contributed by atoms with van der Waals surface area (Å²) in [7, 11) is 4.92. The van der Waals surface area contributed by atoms with Crippen LogP contribution in [0, 0.1) is 5.92 Å². The molecule has 0 fully saturated rings. The first-order valence-corrected chi connectivity index (χ1v) is 9.19. The fraction of sp³-hybridized carbons (Fsp3) is 0.409. The van der Waals surface area contributed by atoms with E-state index in [0.717, 1.165) is 23.3 Å². The van der Waals surface area contributed by atoms with Gasteiger partial charge in [-0.3, -0.25) is 4.79 Å². The van der Waals surface area contributed by atoms with Crippen molar-refractivity contribution in [2.75, 3.05) is 27.9 Å². The maximum absolute atomic E-state index is 12.9. The summed E-state index contributed by atoms with van der Waals surface area (Å²) in [5, 5.41) is 0. The molecule has 1 atom stereocenters. The van der Waals surface area contributed by atoms with Gasteiger partial charge in [0.15, 0.2) is 11.5 Å². The lowest BCUT2D eigenvalue weighted by Gasteiger charge is -2.39. The second-order valence-corrected chi connectivity index (χ2v) is 7.02. The second kappa shape index (κ2) is 7.91. The Hall–Kier alpha value is -2.69. The van der Waals surface area contributed by atoms with Crippen molar-refractivity contribution in [3.63, 3.8) is 0 Å². The van der Waals surface area contributed by atoms with E-state index < -0.39 is 0 Å². The largest absolute Gasteiger partial charge is 0.497 e. The molecule has 5 heteroatoms. The quantitative estimate of drug-likeness (QED) is 0.803. The fourth-order valence-corrected chi connectivity index (χ4v) is 3.66. The van der Waals surface area contributed by atoms with Gasteiger partial charge in [0, 0.05) is 12.5 Å². The Morgan fingerprint density at radius 1 is 1.00 bits per heavy atom. The van der Waals surface area contributed by atoms with E-state index in [4.69, 9.17) is 14.2 Å². The van der Waals surface area contributed by atoms with Crippen LogP contribution in [0.2, 0.25) is 0 Å². The third-order valence-electron chi connectivity index (χ3n) is 5.08. The molecular formula is C22H27NO4. The number of methoxy groups -OCH3 is 3. The van der Waals surface area contributed by atoms with Gasteiger partial charge in [0.1, 0.15) is 5.75 Å². The van der Waals surface area contributed by atoms with Crippen LogP contribution >= 0.6 is 0 Å². The molecule has 0 saturated heterocycles. The van der Waals surface area contributed by atoms with Crippen molar-refractivity contribution in [1.82, 2.24) is 4.90 Å². The van der Waals surface area contributed by atoms with Crippen LogP contribution in [-0.2, 0) is 11.2 Å². The summed E-state index contributed by atoms with van der Waals surface area (Å²) in [6.45, 7) is 4.56. The minimum Gasteiger partial charge on any atom is -0.497 e. The molecule has 2 aromatic carbocycles. The number of hydrogen-bond donors (Lipinski definition) is 0. The number of hydrogen-bond acceptors (Lipinski definition) is 4. The van der Waals surface area contributed by atoms with Gasteiger partial charge < -0.3 is 19.1 Å². The standard InChI is InChI=1S/C22H27NO4/c1-14(2)22(24)23-11-10-16-12-19(26-4)20(27-5)13-18(16)21(23)15-6-8-17(25-3)9-7-15/h6-9,12-14,21H,10-11H2,1-5H3/t21-/m1/s1. The second-order valence-electron chi connectivity index (χ2n) is 7.02. The molecule has 0 N–H and O–H groups in total. The lowest BCUT2D eigenvalue weighted by Crippen LogP contribution is -2.42. The van der Waals surface area contributed by atoms with Gasteiger partial charge in [0.05, 0.1) is 27.4 Å². The maximum Gasteiger partial charge on any atom is 0.225 e. The van der Waals surface area contributed by atoms with Crippen LogP contribution in [0.25, 0.3) is 0 Å². The van der Waals surface area contributed by atoms with Crippen molar-refractivity contribution in [1.29, 1.82) is 0 Å². The number of ether oxygens (including phenoxy) is 3. The molecule has 27 heavy (non-hydrogen) atoms. The summed E-state index contributed by atoms with van der Waals surface area (Å²) in [5.74, 6) is 2.27. The Bertz CT molecular complexity index is 814. The molecular weight excluding hydrogens is 342 g/mol. The number of amides is 1. The summed E-state index contributed by atoms with van der Waals surface area (Å²) in [5.41, 5.74) is 3.32. The van der Waals surface area contributed by atoms with Crippen molar-refractivity contribution in [3.8, 4) is 17.2 Å². The Kier molecular flexibility index (Phi) is 5.59. The highest BCUT2D eigenvalue weighted by atomic mass is 16.5. The molecule has 0 radical (unpaired) electrons. The molecule has 0 bridgehead atoms. The molecule has 1 aliphatic rings. The smallest absolute Gasteiger partial charge is 0.225 e. The predicted molar refractivity (Wildman–Crippen MR) is 105 cm³/mol. The van der Waals surface area contributed by atoms with Gasteiger partial charge in [-0.1, -0.05) is 26.0 Å². The van der Waals surface area contributed by atoms with Gasteiger partial charge in [-0.25, -0.2) is 0 Å². The van der Waals surface area contributed by atoms with E-state index in [1.54, 1.807) is 21.3 Å². The normalized spacial score (nSPS) is 16.1. The zero-order valence-corrected chi connectivity index (χ0v) is 16.6. The van der Waals surface area contributed by atoms with Crippen molar-refractivity contribution >= 4 is 5.91 Å². The van der Waals surface area contributed by atoms with Crippen molar-refractivity contribution in [2.45, 2.75) is 26.3 Å². The van der Waals surface area contributed by atoms with Crippen molar-refractivity contribution < 1.29 is 19.0 Å². The topological polar surface area (TPSA) is 48.0 Å². The Balaban J connectivity index is 2.14. The SMILES string of the molecule is COc1ccc([C@@H]2c3cc(OC)c(OC)cc3CCN2C(=O)C(C)C)cc1. The number of rotatable bonds is 5. The van der Waals surface area contributed by atoms with E-state index in [1.807, 2.05) is 55.1 Å². The summed E-state index contributed by atoms with van der Waals surface area (Å²) < 4.78 is 16.3. The van der Waals surface area contributed by atoms with Crippen molar-refractivity contribution in [2.24, 2.45) is 5.92 Å². The molecule has 1 aliphatic heterocycles. The van der Waals surface area contributed by atoms with Gasteiger partial charge >= 0.3 is 0 Å². The molecule has 0 spiro atoms. The molecule has 0 saturated carbocycles. The molecule has 3 rings (SSSR count). The van der Waals surface area contributed by atoms with E-state index in [2.05, 4.69) is 0 Å². The summed E-state index contributed by atoms with van der Waals surface area (Å²) in [4.78, 5) is 14.9. The summed E-state index contributed by atoms with van der Waals surface area (Å²) >= 11 is 0.